The molecule has 0 fully saturated rings. The number of nitrogens with zero attached hydrogens (tertiary/aromatic N) is 3. The van der Waals surface area contributed by atoms with E-state index in [1.807, 2.05) is 5.38 Å². The van der Waals surface area contributed by atoms with E-state index in [4.69, 9.17) is 4.42 Å². The van der Waals surface area contributed by atoms with Crippen LogP contribution in [-0.2, 0) is 23.0 Å². The number of aryl methyl sites for hydroxylation is 1. The number of hydrogen-bond donors (Lipinski definition) is 0. The lowest BCUT2D eigenvalue weighted by molar-refractivity contribution is 0.512. The summed E-state index contributed by atoms with van der Waals surface area (Å²) in [4.78, 5) is 17.0. The van der Waals surface area contributed by atoms with Crippen molar-refractivity contribution < 1.29 is 12.8 Å². The predicted octanol–water partition coefficient (Wildman–Crippen LogP) is 2.94. The van der Waals surface area contributed by atoms with Crippen LogP contribution in [-0.4, -0.2) is 36.4 Å². The summed E-state index contributed by atoms with van der Waals surface area (Å²) in [6, 6.07) is 4.47. The Hall–Kier alpha value is -1.97. The SMILES string of the molecule is CC(C)CCc1nc(Cn2c(=O)oc3cc(S(=O)(=O)N(C)C)ccc32)cs1. The number of hydrogen-bond acceptors (Lipinski definition) is 6. The second-order valence-electron chi connectivity index (χ2n) is 7.04. The minimum Gasteiger partial charge on any atom is -0.408 e. The number of oxazole rings is 1. The molecule has 3 aromatic rings. The molecule has 3 rings (SSSR count). The number of fused-ring (bicyclic) bond motifs is 1. The molecule has 0 aliphatic carbocycles. The second-order valence-corrected chi connectivity index (χ2v) is 10.1. The maximum Gasteiger partial charge on any atom is 0.420 e. The summed E-state index contributed by atoms with van der Waals surface area (Å²) in [5.41, 5.74) is 1.60. The molecule has 0 spiro atoms. The number of rotatable bonds is 7. The molecule has 9 heteroatoms. The monoisotopic (exact) mass is 409 g/mol. The normalized spacial score (nSPS) is 12.5. The third-order valence-electron chi connectivity index (χ3n) is 4.27. The van der Waals surface area contributed by atoms with Gasteiger partial charge in [-0.1, -0.05) is 13.8 Å². The van der Waals surface area contributed by atoms with Gasteiger partial charge in [-0.3, -0.25) is 4.57 Å². The number of sulfonamides is 1. The predicted molar refractivity (Wildman–Crippen MR) is 106 cm³/mol. The van der Waals surface area contributed by atoms with E-state index in [2.05, 4.69) is 18.8 Å². The molecule has 2 aromatic heterocycles. The van der Waals surface area contributed by atoms with Gasteiger partial charge in [-0.2, -0.15) is 0 Å². The van der Waals surface area contributed by atoms with Gasteiger partial charge in [0.1, 0.15) is 0 Å². The first-order chi connectivity index (χ1) is 12.7. The Bertz CT molecular complexity index is 1110. The molecule has 2 heterocycles. The third-order valence-corrected chi connectivity index (χ3v) is 7.04. The fourth-order valence-corrected chi connectivity index (χ4v) is 4.40. The fourth-order valence-electron chi connectivity index (χ4n) is 2.68. The highest BCUT2D eigenvalue weighted by atomic mass is 32.2. The maximum absolute atomic E-state index is 12.3. The molecule has 0 saturated heterocycles. The lowest BCUT2D eigenvalue weighted by atomic mass is 10.1. The number of aromatic nitrogens is 2. The van der Waals surface area contributed by atoms with E-state index in [1.165, 1.54) is 30.8 Å². The van der Waals surface area contributed by atoms with E-state index < -0.39 is 15.8 Å². The summed E-state index contributed by atoms with van der Waals surface area (Å²) >= 11 is 1.59. The van der Waals surface area contributed by atoms with Crippen LogP contribution in [0.2, 0.25) is 0 Å². The Morgan fingerprint density at radius 3 is 2.70 bits per heavy atom. The average Bonchev–Trinajstić information content (AvgIpc) is 3.17. The lowest BCUT2D eigenvalue weighted by Gasteiger charge is -2.10. The van der Waals surface area contributed by atoms with E-state index in [0.29, 0.717) is 18.0 Å². The van der Waals surface area contributed by atoms with Crippen LogP contribution in [0.1, 0.15) is 31.0 Å². The first-order valence-electron chi connectivity index (χ1n) is 8.67. The highest BCUT2D eigenvalue weighted by Gasteiger charge is 2.20. The molecule has 0 atom stereocenters. The standard InChI is InChI=1S/C18H23N3O4S2/c1-12(2)5-8-17-19-13(11-26-17)10-21-15-7-6-14(27(23,24)20(3)4)9-16(15)25-18(21)22/h6-7,9,11-12H,5,8,10H2,1-4H3. The number of benzene rings is 1. The molecule has 0 saturated carbocycles. The Morgan fingerprint density at radius 1 is 1.30 bits per heavy atom. The van der Waals surface area contributed by atoms with Crippen LogP contribution < -0.4 is 5.76 Å². The summed E-state index contributed by atoms with van der Waals surface area (Å²) in [5.74, 6) is 0.0894. The Morgan fingerprint density at radius 2 is 2.04 bits per heavy atom. The third kappa shape index (κ3) is 4.15. The zero-order chi connectivity index (χ0) is 19.8. The first-order valence-corrected chi connectivity index (χ1v) is 11.0. The molecule has 0 N–H and O–H groups in total. The molecule has 146 valence electrons. The summed E-state index contributed by atoms with van der Waals surface area (Å²) in [7, 11) is -0.673. The van der Waals surface area contributed by atoms with Gasteiger partial charge in [-0.25, -0.2) is 22.5 Å². The van der Waals surface area contributed by atoms with Gasteiger partial charge in [-0.15, -0.1) is 11.3 Å². The molecule has 7 nitrogen and oxygen atoms in total. The molecule has 0 aliphatic rings. The average molecular weight is 410 g/mol. The van der Waals surface area contributed by atoms with E-state index in [0.717, 1.165) is 27.8 Å². The minimum absolute atomic E-state index is 0.0885. The fraction of sp³-hybridized carbons (Fsp3) is 0.444. The summed E-state index contributed by atoms with van der Waals surface area (Å²) < 4.78 is 32.4. The van der Waals surface area contributed by atoms with Crippen molar-refractivity contribution in [1.29, 1.82) is 0 Å². The largest absolute Gasteiger partial charge is 0.420 e. The van der Waals surface area contributed by atoms with E-state index in [1.54, 1.807) is 17.4 Å². The smallest absolute Gasteiger partial charge is 0.408 e. The van der Waals surface area contributed by atoms with Crippen LogP contribution >= 0.6 is 11.3 Å². The Balaban J connectivity index is 1.90. The lowest BCUT2D eigenvalue weighted by Crippen LogP contribution is -2.22. The van der Waals surface area contributed by atoms with Crippen molar-refractivity contribution in [1.82, 2.24) is 13.9 Å². The molecule has 27 heavy (non-hydrogen) atoms. The van der Waals surface area contributed by atoms with Crippen LogP contribution in [0.5, 0.6) is 0 Å². The second kappa shape index (κ2) is 7.57. The molecule has 1 aromatic carbocycles. The zero-order valence-electron chi connectivity index (χ0n) is 15.8. The van der Waals surface area contributed by atoms with Gasteiger partial charge in [0.05, 0.1) is 27.7 Å². The molecule has 0 bridgehead atoms. The van der Waals surface area contributed by atoms with Crippen molar-refractivity contribution in [2.75, 3.05) is 14.1 Å². The molecule has 0 radical (unpaired) electrons. The zero-order valence-corrected chi connectivity index (χ0v) is 17.4. The van der Waals surface area contributed by atoms with Crippen molar-refractivity contribution in [3.05, 3.63) is 44.8 Å². The van der Waals surface area contributed by atoms with Crippen LogP contribution in [0, 0.1) is 5.92 Å². The van der Waals surface area contributed by atoms with Crippen molar-refractivity contribution in [3.63, 3.8) is 0 Å². The van der Waals surface area contributed by atoms with Gasteiger partial charge < -0.3 is 4.42 Å². The Kier molecular flexibility index (Phi) is 5.55. The van der Waals surface area contributed by atoms with Crippen molar-refractivity contribution in [3.8, 4) is 0 Å². The van der Waals surface area contributed by atoms with E-state index in [-0.39, 0.29) is 10.5 Å². The van der Waals surface area contributed by atoms with Crippen LogP contribution in [0.4, 0.5) is 0 Å². The summed E-state index contributed by atoms with van der Waals surface area (Å²) in [6.45, 7) is 4.65. The quantitative estimate of drug-likeness (QED) is 0.599. The first kappa shape index (κ1) is 19.8. The van der Waals surface area contributed by atoms with Crippen molar-refractivity contribution >= 4 is 32.5 Å². The molecular formula is C18H23N3O4S2. The van der Waals surface area contributed by atoms with Crippen LogP contribution in [0.15, 0.2) is 37.7 Å². The molecule has 0 aliphatic heterocycles. The molecule has 0 amide bonds. The minimum atomic E-state index is -3.59. The van der Waals surface area contributed by atoms with Gasteiger partial charge in [0.2, 0.25) is 10.0 Å². The molecular weight excluding hydrogens is 386 g/mol. The van der Waals surface area contributed by atoms with Crippen LogP contribution in [0.25, 0.3) is 11.1 Å². The topological polar surface area (TPSA) is 85.4 Å². The van der Waals surface area contributed by atoms with Gasteiger partial charge in [-0.05, 0) is 30.9 Å². The van der Waals surface area contributed by atoms with Crippen LogP contribution in [0.3, 0.4) is 0 Å². The highest BCUT2D eigenvalue weighted by Crippen LogP contribution is 2.22. The van der Waals surface area contributed by atoms with Crippen molar-refractivity contribution in [2.24, 2.45) is 5.92 Å². The highest BCUT2D eigenvalue weighted by molar-refractivity contribution is 7.89. The number of thiazole rings is 1. The molecule has 0 unspecified atom stereocenters. The van der Waals surface area contributed by atoms with Gasteiger partial charge in [0, 0.05) is 25.5 Å². The maximum atomic E-state index is 12.3. The van der Waals surface area contributed by atoms with Gasteiger partial charge in [0.15, 0.2) is 5.58 Å². The van der Waals surface area contributed by atoms with Gasteiger partial charge >= 0.3 is 5.76 Å². The van der Waals surface area contributed by atoms with E-state index in [9.17, 15) is 13.2 Å². The Labute approximate surface area is 162 Å². The van der Waals surface area contributed by atoms with Gasteiger partial charge in [0.25, 0.3) is 0 Å². The summed E-state index contributed by atoms with van der Waals surface area (Å²) in [5, 5.41) is 3.00. The van der Waals surface area contributed by atoms with Crippen molar-refractivity contribution in [2.45, 2.75) is 38.1 Å². The summed E-state index contributed by atoms with van der Waals surface area (Å²) in [6.07, 6.45) is 2.00. The van der Waals surface area contributed by atoms with E-state index >= 15 is 0 Å².